The molecule has 0 aliphatic carbocycles. The van der Waals surface area contributed by atoms with E-state index in [-0.39, 0.29) is 12.1 Å². The van der Waals surface area contributed by atoms with Gasteiger partial charge in [-0.3, -0.25) is 0 Å². The lowest BCUT2D eigenvalue weighted by Gasteiger charge is -2.07. The van der Waals surface area contributed by atoms with Crippen LogP contribution >= 0.6 is 0 Å². The van der Waals surface area contributed by atoms with Gasteiger partial charge in [-0.15, -0.1) is 0 Å². The highest BCUT2D eigenvalue weighted by Crippen LogP contribution is 2.23. The van der Waals surface area contributed by atoms with E-state index in [1.165, 1.54) is 11.1 Å². The van der Waals surface area contributed by atoms with Crippen LogP contribution in [0, 0.1) is 0 Å². The zero-order chi connectivity index (χ0) is 21.6. The Labute approximate surface area is 189 Å². The maximum Gasteiger partial charge on any atom is 0.222 e. The highest BCUT2D eigenvalue weighted by molar-refractivity contribution is 6.22. The lowest BCUT2D eigenvalue weighted by Crippen LogP contribution is -2.14. The summed E-state index contributed by atoms with van der Waals surface area (Å²) in [6.45, 7) is 1.13. The molecule has 2 atom stereocenters. The Morgan fingerprint density at radius 3 is 1.56 bits per heavy atom. The van der Waals surface area contributed by atoms with E-state index in [4.69, 9.17) is 19.5 Å². The predicted octanol–water partition coefficient (Wildman–Crippen LogP) is 5.15. The fraction of sp³-hybridized carbons (Fsp3) is 0.214. The Balaban J connectivity index is 1.40. The molecule has 0 fully saturated rings. The van der Waals surface area contributed by atoms with Crippen molar-refractivity contribution in [2.45, 2.75) is 24.9 Å². The van der Waals surface area contributed by atoms with Crippen LogP contribution in [0.4, 0.5) is 0 Å². The smallest absolute Gasteiger partial charge is 0.222 e. The average Bonchev–Trinajstić information content (AvgIpc) is 3.49. The van der Waals surface area contributed by atoms with Crippen LogP contribution in [-0.2, 0) is 22.3 Å². The standard InChI is InChI=1S/C28H26N2O2/c1-4-10-21(11-5-1)16-24-19-31-27(29-24)26(18-23-14-8-3-9-15-23)28-30-25(20-32-28)17-22-12-6-2-7-13-22/h1-15,18,24-25H,16-17,19-20H2/t24-,25-/m1/s1. The van der Waals surface area contributed by atoms with Crippen molar-refractivity contribution in [1.82, 2.24) is 0 Å². The summed E-state index contributed by atoms with van der Waals surface area (Å²) in [7, 11) is 0. The van der Waals surface area contributed by atoms with Gasteiger partial charge in [0.15, 0.2) is 0 Å². The predicted molar refractivity (Wildman–Crippen MR) is 129 cm³/mol. The van der Waals surface area contributed by atoms with Crippen molar-refractivity contribution in [2.24, 2.45) is 9.98 Å². The van der Waals surface area contributed by atoms with Gasteiger partial charge in [0.1, 0.15) is 13.2 Å². The Kier molecular flexibility index (Phi) is 6.11. The molecule has 0 aromatic heterocycles. The third-order valence-corrected chi connectivity index (χ3v) is 5.62. The molecule has 0 bridgehead atoms. The third kappa shape index (κ3) is 4.97. The first-order valence-electron chi connectivity index (χ1n) is 11.1. The van der Waals surface area contributed by atoms with E-state index in [1.807, 2.05) is 30.3 Å². The SMILES string of the molecule is C(=C(C1=N[C@H](Cc2ccccc2)CO1)C1=N[C@H](Cc2ccccc2)CO1)c1ccccc1. The molecule has 32 heavy (non-hydrogen) atoms. The van der Waals surface area contributed by atoms with Crippen LogP contribution in [0.3, 0.4) is 0 Å². The summed E-state index contributed by atoms with van der Waals surface area (Å²) < 4.78 is 12.1. The fourth-order valence-corrected chi connectivity index (χ4v) is 4.04. The van der Waals surface area contributed by atoms with Crippen molar-refractivity contribution < 1.29 is 9.47 Å². The number of rotatable bonds is 7. The second-order valence-corrected chi connectivity index (χ2v) is 8.15. The number of nitrogens with zero attached hydrogens (tertiary/aromatic N) is 2. The van der Waals surface area contributed by atoms with E-state index in [9.17, 15) is 0 Å². The first-order chi connectivity index (χ1) is 15.8. The molecule has 0 radical (unpaired) electrons. The van der Waals surface area contributed by atoms with Gasteiger partial charge in [-0.25, -0.2) is 9.98 Å². The van der Waals surface area contributed by atoms with E-state index < -0.39 is 0 Å². The number of hydrogen-bond donors (Lipinski definition) is 0. The van der Waals surface area contributed by atoms with Crippen LogP contribution in [0.15, 0.2) is 107 Å². The average molecular weight is 423 g/mol. The molecule has 4 nitrogen and oxygen atoms in total. The van der Waals surface area contributed by atoms with Crippen LogP contribution in [0.2, 0.25) is 0 Å². The van der Waals surface area contributed by atoms with Gasteiger partial charge < -0.3 is 9.47 Å². The van der Waals surface area contributed by atoms with Gasteiger partial charge in [-0.05, 0) is 35.6 Å². The molecular weight excluding hydrogens is 396 g/mol. The molecule has 0 saturated heterocycles. The van der Waals surface area contributed by atoms with E-state index in [2.05, 4.69) is 66.7 Å². The molecule has 160 valence electrons. The quantitative estimate of drug-likeness (QED) is 0.528. The van der Waals surface area contributed by atoms with Crippen LogP contribution in [0.1, 0.15) is 16.7 Å². The first-order valence-corrected chi connectivity index (χ1v) is 11.1. The number of ether oxygens (including phenoxy) is 2. The van der Waals surface area contributed by atoms with Crippen molar-refractivity contribution in [3.63, 3.8) is 0 Å². The van der Waals surface area contributed by atoms with E-state index >= 15 is 0 Å². The van der Waals surface area contributed by atoms with E-state index in [0.29, 0.717) is 25.0 Å². The molecule has 5 rings (SSSR count). The summed E-state index contributed by atoms with van der Waals surface area (Å²) in [4.78, 5) is 9.80. The summed E-state index contributed by atoms with van der Waals surface area (Å²) in [6, 6.07) is 31.2. The minimum atomic E-state index is 0.0914. The molecule has 4 heteroatoms. The molecule has 2 aliphatic heterocycles. The lowest BCUT2D eigenvalue weighted by atomic mass is 10.1. The second-order valence-electron chi connectivity index (χ2n) is 8.15. The summed E-state index contributed by atoms with van der Waals surface area (Å²) in [5.41, 5.74) is 4.41. The Hall–Kier alpha value is -3.66. The molecule has 2 aliphatic rings. The minimum Gasteiger partial charge on any atom is -0.475 e. The summed E-state index contributed by atoms with van der Waals surface area (Å²) in [5.74, 6) is 1.24. The highest BCUT2D eigenvalue weighted by atomic mass is 16.5. The summed E-state index contributed by atoms with van der Waals surface area (Å²) in [6.07, 6.45) is 3.77. The molecule has 0 N–H and O–H groups in total. The fourth-order valence-electron chi connectivity index (χ4n) is 4.04. The van der Waals surface area contributed by atoms with Gasteiger partial charge in [0.2, 0.25) is 11.8 Å². The van der Waals surface area contributed by atoms with Crippen LogP contribution in [0.5, 0.6) is 0 Å². The topological polar surface area (TPSA) is 43.2 Å². The lowest BCUT2D eigenvalue weighted by molar-refractivity contribution is 0.307. The minimum absolute atomic E-state index is 0.0914. The van der Waals surface area contributed by atoms with Crippen LogP contribution in [0.25, 0.3) is 6.08 Å². The van der Waals surface area contributed by atoms with Crippen molar-refractivity contribution >= 4 is 17.9 Å². The Bertz CT molecular complexity index is 1050. The van der Waals surface area contributed by atoms with Gasteiger partial charge in [0, 0.05) is 0 Å². The summed E-state index contributed by atoms with van der Waals surface area (Å²) >= 11 is 0. The maximum absolute atomic E-state index is 6.06. The van der Waals surface area contributed by atoms with Crippen molar-refractivity contribution in [3.8, 4) is 0 Å². The largest absolute Gasteiger partial charge is 0.475 e. The molecule has 3 aromatic carbocycles. The molecular formula is C28H26N2O2. The molecule has 0 spiro atoms. The number of benzene rings is 3. The van der Waals surface area contributed by atoms with Gasteiger partial charge in [-0.1, -0.05) is 91.0 Å². The zero-order valence-corrected chi connectivity index (χ0v) is 17.9. The van der Waals surface area contributed by atoms with Crippen molar-refractivity contribution in [2.75, 3.05) is 13.2 Å². The molecule has 0 amide bonds. The first kappa shape index (κ1) is 20.3. The Morgan fingerprint density at radius 1 is 0.656 bits per heavy atom. The Morgan fingerprint density at radius 2 is 1.09 bits per heavy atom. The van der Waals surface area contributed by atoms with Crippen LogP contribution < -0.4 is 0 Å². The van der Waals surface area contributed by atoms with Crippen molar-refractivity contribution in [1.29, 1.82) is 0 Å². The van der Waals surface area contributed by atoms with Gasteiger partial charge >= 0.3 is 0 Å². The highest BCUT2D eigenvalue weighted by Gasteiger charge is 2.29. The van der Waals surface area contributed by atoms with Crippen molar-refractivity contribution in [3.05, 3.63) is 113 Å². The van der Waals surface area contributed by atoms with Gasteiger partial charge in [0.05, 0.1) is 17.7 Å². The monoisotopic (exact) mass is 422 g/mol. The molecule has 0 unspecified atom stereocenters. The van der Waals surface area contributed by atoms with Gasteiger partial charge in [-0.2, -0.15) is 0 Å². The molecule has 2 heterocycles. The number of aliphatic imine (C=N–C) groups is 2. The van der Waals surface area contributed by atoms with Crippen LogP contribution in [-0.4, -0.2) is 37.1 Å². The zero-order valence-electron chi connectivity index (χ0n) is 17.9. The van der Waals surface area contributed by atoms with E-state index in [1.54, 1.807) is 0 Å². The second kappa shape index (κ2) is 9.65. The maximum atomic E-state index is 6.06. The molecule has 3 aromatic rings. The van der Waals surface area contributed by atoms with E-state index in [0.717, 1.165) is 24.0 Å². The molecule has 0 saturated carbocycles. The number of hydrogen-bond acceptors (Lipinski definition) is 4. The normalized spacial score (nSPS) is 19.5. The summed E-state index contributed by atoms with van der Waals surface area (Å²) in [5, 5.41) is 0. The third-order valence-electron chi connectivity index (χ3n) is 5.62. The van der Waals surface area contributed by atoms with Gasteiger partial charge in [0.25, 0.3) is 0 Å².